The molecule has 4 heteroatoms. The lowest BCUT2D eigenvalue weighted by molar-refractivity contribution is -0.139. The SMILES string of the molecule is COc1ccc(OC[C@H]2[C@H]3CC[C@H](C3)N2C(=O)C(C)C)cc1. The van der Waals surface area contributed by atoms with Gasteiger partial charge in [-0.15, -0.1) is 0 Å². The molecule has 0 aromatic heterocycles. The average molecular weight is 303 g/mol. The Hall–Kier alpha value is -1.71. The van der Waals surface area contributed by atoms with E-state index in [4.69, 9.17) is 9.47 Å². The zero-order valence-electron chi connectivity index (χ0n) is 13.6. The molecule has 0 radical (unpaired) electrons. The first-order valence-corrected chi connectivity index (χ1v) is 8.19. The summed E-state index contributed by atoms with van der Waals surface area (Å²) >= 11 is 0. The number of rotatable bonds is 5. The van der Waals surface area contributed by atoms with Crippen molar-refractivity contribution in [2.45, 2.75) is 45.2 Å². The van der Waals surface area contributed by atoms with Gasteiger partial charge in [-0.05, 0) is 49.4 Å². The summed E-state index contributed by atoms with van der Waals surface area (Å²) in [5.41, 5.74) is 0. The van der Waals surface area contributed by atoms with Gasteiger partial charge in [-0.2, -0.15) is 0 Å². The highest BCUT2D eigenvalue weighted by molar-refractivity contribution is 5.79. The summed E-state index contributed by atoms with van der Waals surface area (Å²) in [6.07, 6.45) is 3.53. The smallest absolute Gasteiger partial charge is 0.225 e. The monoisotopic (exact) mass is 303 g/mol. The first-order chi connectivity index (χ1) is 10.6. The van der Waals surface area contributed by atoms with E-state index in [1.807, 2.05) is 38.1 Å². The van der Waals surface area contributed by atoms with Gasteiger partial charge in [0.05, 0.1) is 13.2 Å². The van der Waals surface area contributed by atoms with Gasteiger partial charge in [-0.25, -0.2) is 0 Å². The summed E-state index contributed by atoms with van der Waals surface area (Å²) in [5.74, 6) is 2.59. The summed E-state index contributed by atoms with van der Waals surface area (Å²) < 4.78 is 11.1. The van der Waals surface area contributed by atoms with E-state index in [0.717, 1.165) is 24.3 Å². The van der Waals surface area contributed by atoms with Crippen LogP contribution in [0.4, 0.5) is 0 Å². The van der Waals surface area contributed by atoms with Gasteiger partial charge in [0.25, 0.3) is 0 Å². The zero-order valence-corrected chi connectivity index (χ0v) is 13.6. The molecular formula is C18H25NO3. The Morgan fingerprint density at radius 3 is 2.55 bits per heavy atom. The van der Waals surface area contributed by atoms with Crippen molar-refractivity contribution in [3.63, 3.8) is 0 Å². The fourth-order valence-electron chi connectivity index (χ4n) is 3.80. The van der Waals surface area contributed by atoms with Crippen molar-refractivity contribution in [1.29, 1.82) is 0 Å². The molecule has 120 valence electrons. The third-order valence-corrected chi connectivity index (χ3v) is 4.97. The molecule has 3 rings (SSSR count). The van der Waals surface area contributed by atoms with Crippen LogP contribution in [0.25, 0.3) is 0 Å². The number of methoxy groups -OCH3 is 1. The van der Waals surface area contributed by atoms with E-state index in [-0.39, 0.29) is 17.9 Å². The topological polar surface area (TPSA) is 38.8 Å². The van der Waals surface area contributed by atoms with Gasteiger partial charge < -0.3 is 14.4 Å². The lowest BCUT2D eigenvalue weighted by Crippen LogP contribution is -2.49. The van der Waals surface area contributed by atoms with E-state index >= 15 is 0 Å². The molecular weight excluding hydrogens is 278 g/mol. The molecule has 3 atom stereocenters. The largest absolute Gasteiger partial charge is 0.497 e. The van der Waals surface area contributed by atoms with E-state index in [0.29, 0.717) is 18.6 Å². The second-order valence-corrected chi connectivity index (χ2v) is 6.68. The van der Waals surface area contributed by atoms with Crippen molar-refractivity contribution >= 4 is 5.91 Å². The molecule has 2 bridgehead atoms. The van der Waals surface area contributed by atoms with Crippen molar-refractivity contribution in [3.05, 3.63) is 24.3 Å². The van der Waals surface area contributed by atoms with Crippen molar-refractivity contribution in [2.75, 3.05) is 13.7 Å². The molecule has 1 saturated carbocycles. The van der Waals surface area contributed by atoms with Crippen molar-refractivity contribution < 1.29 is 14.3 Å². The fourth-order valence-corrected chi connectivity index (χ4v) is 3.80. The Morgan fingerprint density at radius 1 is 1.23 bits per heavy atom. The second-order valence-electron chi connectivity index (χ2n) is 6.68. The number of fused-ring (bicyclic) bond motifs is 2. The maximum Gasteiger partial charge on any atom is 0.225 e. The summed E-state index contributed by atoms with van der Waals surface area (Å²) in [6.45, 7) is 4.55. The van der Waals surface area contributed by atoms with Crippen LogP contribution >= 0.6 is 0 Å². The van der Waals surface area contributed by atoms with E-state index in [1.54, 1.807) is 7.11 Å². The molecule has 0 N–H and O–H groups in total. The molecule has 2 aliphatic rings. The zero-order chi connectivity index (χ0) is 15.7. The van der Waals surface area contributed by atoms with Gasteiger partial charge in [0, 0.05) is 12.0 Å². The molecule has 4 nitrogen and oxygen atoms in total. The first-order valence-electron chi connectivity index (χ1n) is 8.19. The summed E-state index contributed by atoms with van der Waals surface area (Å²) in [5, 5.41) is 0. The second kappa shape index (κ2) is 6.19. The predicted molar refractivity (Wildman–Crippen MR) is 85.1 cm³/mol. The number of piperidine rings is 1. The molecule has 1 aliphatic heterocycles. The molecule has 1 saturated heterocycles. The van der Waals surface area contributed by atoms with Gasteiger partial charge in [-0.3, -0.25) is 4.79 Å². The number of hydrogen-bond acceptors (Lipinski definition) is 3. The molecule has 22 heavy (non-hydrogen) atoms. The number of amides is 1. The van der Waals surface area contributed by atoms with Crippen LogP contribution in [-0.4, -0.2) is 36.6 Å². The molecule has 1 aromatic rings. The standard InChI is InChI=1S/C18H25NO3/c1-12(2)18(20)19-14-5-4-13(10-14)17(19)11-22-16-8-6-15(21-3)7-9-16/h6-9,12-14,17H,4-5,10-11H2,1-3H3/t13-,14+,17-/m0/s1. The number of ether oxygens (including phenoxy) is 2. The van der Waals surface area contributed by atoms with Gasteiger partial charge in [-0.1, -0.05) is 13.8 Å². The van der Waals surface area contributed by atoms with E-state index in [2.05, 4.69) is 4.90 Å². The predicted octanol–water partition coefficient (Wildman–Crippen LogP) is 3.11. The Labute approximate surface area is 132 Å². The summed E-state index contributed by atoms with van der Waals surface area (Å²) in [7, 11) is 1.65. The highest BCUT2D eigenvalue weighted by Crippen LogP contribution is 2.43. The number of nitrogens with zero attached hydrogens (tertiary/aromatic N) is 1. The Kier molecular flexibility index (Phi) is 4.27. The van der Waals surface area contributed by atoms with E-state index in [1.165, 1.54) is 6.42 Å². The first kappa shape index (κ1) is 15.2. The van der Waals surface area contributed by atoms with Crippen LogP contribution in [0.5, 0.6) is 11.5 Å². The summed E-state index contributed by atoms with van der Waals surface area (Å²) in [4.78, 5) is 14.6. The van der Waals surface area contributed by atoms with Gasteiger partial charge >= 0.3 is 0 Å². The van der Waals surface area contributed by atoms with Crippen LogP contribution in [-0.2, 0) is 4.79 Å². The van der Waals surface area contributed by atoms with Crippen molar-refractivity contribution in [2.24, 2.45) is 11.8 Å². The maximum atomic E-state index is 12.5. The highest BCUT2D eigenvalue weighted by Gasteiger charge is 2.48. The minimum absolute atomic E-state index is 0.0582. The number of likely N-dealkylation sites (tertiary alicyclic amines) is 1. The van der Waals surface area contributed by atoms with Crippen molar-refractivity contribution in [1.82, 2.24) is 4.90 Å². The Balaban J connectivity index is 1.66. The third kappa shape index (κ3) is 2.79. The van der Waals surface area contributed by atoms with Crippen LogP contribution < -0.4 is 9.47 Å². The van der Waals surface area contributed by atoms with Crippen LogP contribution in [0.2, 0.25) is 0 Å². The maximum absolute atomic E-state index is 12.5. The van der Waals surface area contributed by atoms with Crippen LogP contribution in [0.1, 0.15) is 33.1 Å². The van der Waals surface area contributed by atoms with Crippen LogP contribution in [0, 0.1) is 11.8 Å². The minimum atomic E-state index is 0.0582. The molecule has 2 fully saturated rings. The molecule has 1 amide bonds. The number of benzene rings is 1. The van der Waals surface area contributed by atoms with Crippen LogP contribution in [0.15, 0.2) is 24.3 Å². The van der Waals surface area contributed by atoms with E-state index < -0.39 is 0 Å². The average Bonchev–Trinajstić information content (AvgIpc) is 3.13. The fraction of sp³-hybridized carbons (Fsp3) is 0.611. The number of hydrogen-bond donors (Lipinski definition) is 0. The van der Waals surface area contributed by atoms with Crippen LogP contribution in [0.3, 0.4) is 0 Å². The Bertz CT molecular complexity index is 526. The Morgan fingerprint density at radius 2 is 1.91 bits per heavy atom. The van der Waals surface area contributed by atoms with E-state index in [9.17, 15) is 4.79 Å². The molecule has 0 unspecified atom stereocenters. The molecule has 0 spiro atoms. The normalized spacial score (nSPS) is 26.5. The van der Waals surface area contributed by atoms with Gasteiger partial charge in [0.15, 0.2) is 0 Å². The summed E-state index contributed by atoms with van der Waals surface area (Å²) in [6, 6.07) is 8.29. The highest BCUT2D eigenvalue weighted by atomic mass is 16.5. The van der Waals surface area contributed by atoms with Gasteiger partial charge in [0.1, 0.15) is 18.1 Å². The van der Waals surface area contributed by atoms with Gasteiger partial charge in [0.2, 0.25) is 5.91 Å². The number of carbonyl (C=O) groups excluding carboxylic acids is 1. The molecule has 1 aromatic carbocycles. The minimum Gasteiger partial charge on any atom is -0.497 e. The molecule has 1 heterocycles. The lowest BCUT2D eigenvalue weighted by atomic mass is 9.98. The number of carbonyl (C=O) groups is 1. The quantitative estimate of drug-likeness (QED) is 0.839. The third-order valence-electron chi connectivity index (χ3n) is 4.97. The molecule has 1 aliphatic carbocycles. The lowest BCUT2D eigenvalue weighted by Gasteiger charge is -2.36. The van der Waals surface area contributed by atoms with Crippen molar-refractivity contribution in [3.8, 4) is 11.5 Å².